The molecule has 1 atom stereocenters. The smallest absolute Gasteiger partial charge is 0.0406 e. The second-order valence-electron chi connectivity index (χ2n) is 5.27. The van der Waals surface area contributed by atoms with Gasteiger partial charge < -0.3 is 10.2 Å². The molecular weight excluding hydrogens is 268 g/mol. The van der Waals surface area contributed by atoms with Crippen molar-refractivity contribution in [2.24, 2.45) is 0 Å². The molecule has 1 heterocycles. The van der Waals surface area contributed by atoms with E-state index < -0.39 is 0 Å². The van der Waals surface area contributed by atoms with Gasteiger partial charge in [0.25, 0.3) is 0 Å². The molecule has 1 aliphatic rings. The molecule has 2 aromatic carbocycles. The zero-order chi connectivity index (χ0) is 13.8. The van der Waals surface area contributed by atoms with Crippen LogP contribution in [0.4, 0.5) is 5.69 Å². The Morgan fingerprint density at radius 3 is 2.55 bits per heavy atom. The summed E-state index contributed by atoms with van der Waals surface area (Å²) in [6, 6.07) is 19.3. The first-order valence-electron chi connectivity index (χ1n) is 7.09. The summed E-state index contributed by atoms with van der Waals surface area (Å²) < 4.78 is 0. The molecule has 1 saturated heterocycles. The van der Waals surface area contributed by atoms with Crippen molar-refractivity contribution < 1.29 is 0 Å². The van der Waals surface area contributed by atoms with E-state index in [0.29, 0.717) is 6.04 Å². The maximum Gasteiger partial charge on any atom is 0.0406 e. The summed E-state index contributed by atoms with van der Waals surface area (Å²) in [6.45, 7) is 3.12. The predicted molar refractivity (Wildman–Crippen MR) is 85.4 cm³/mol. The molecule has 0 saturated carbocycles. The zero-order valence-corrected chi connectivity index (χ0v) is 12.2. The number of nitrogens with one attached hydrogen (secondary N) is 1. The van der Waals surface area contributed by atoms with E-state index in [0.717, 1.165) is 24.7 Å². The Morgan fingerprint density at radius 2 is 1.80 bits per heavy atom. The van der Waals surface area contributed by atoms with Crippen molar-refractivity contribution >= 4 is 17.3 Å². The minimum absolute atomic E-state index is 0.561. The molecule has 2 aromatic rings. The average molecular weight is 287 g/mol. The van der Waals surface area contributed by atoms with Crippen LogP contribution >= 0.6 is 11.6 Å². The van der Waals surface area contributed by atoms with E-state index >= 15 is 0 Å². The maximum absolute atomic E-state index is 5.90. The van der Waals surface area contributed by atoms with Gasteiger partial charge >= 0.3 is 0 Å². The van der Waals surface area contributed by atoms with Crippen LogP contribution in [0.2, 0.25) is 5.02 Å². The normalized spacial score (nSPS) is 18.4. The van der Waals surface area contributed by atoms with E-state index in [4.69, 9.17) is 11.6 Å². The number of hydrogen-bond acceptors (Lipinski definition) is 2. The summed E-state index contributed by atoms with van der Waals surface area (Å²) >= 11 is 5.90. The molecule has 1 fully saturated rings. The lowest BCUT2D eigenvalue weighted by atomic mass is 10.2. The third kappa shape index (κ3) is 3.33. The molecule has 1 N–H and O–H groups in total. The van der Waals surface area contributed by atoms with Crippen LogP contribution in [0.15, 0.2) is 54.6 Å². The van der Waals surface area contributed by atoms with Crippen molar-refractivity contribution in [2.45, 2.75) is 19.0 Å². The van der Waals surface area contributed by atoms with Crippen molar-refractivity contribution in [1.82, 2.24) is 5.32 Å². The van der Waals surface area contributed by atoms with E-state index in [1.54, 1.807) is 0 Å². The molecule has 3 heteroatoms. The molecular formula is C17H19ClN2. The molecule has 104 valence electrons. The van der Waals surface area contributed by atoms with Crippen LogP contribution in [0.1, 0.15) is 12.0 Å². The third-order valence-corrected chi connectivity index (χ3v) is 4.07. The van der Waals surface area contributed by atoms with Crippen LogP contribution in [-0.2, 0) is 6.54 Å². The van der Waals surface area contributed by atoms with Gasteiger partial charge in [0.15, 0.2) is 0 Å². The van der Waals surface area contributed by atoms with Gasteiger partial charge in [-0.2, -0.15) is 0 Å². The third-order valence-electron chi connectivity index (χ3n) is 3.82. The number of rotatable bonds is 4. The van der Waals surface area contributed by atoms with Gasteiger partial charge in [0.2, 0.25) is 0 Å². The Bertz CT molecular complexity index is 539. The maximum atomic E-state index is 5.90. The Balaban J connectivity index is 1.52. The van der Waals surface area contributed by atoms with E-state index in [1.165, 1.54) is 17.7 Å². The highest BCUT2D eigenvalue weighted by atomic mass is 35.5. The van der Waals surface area contributed by atoms with Gasteiger partial charge in [-0.3, -0.25) is 0 Å². The Morgan fingerprint density at radius 1 is 1.05 bits per heavy atom. The van der Waals surface area contributed by atoms with Crippen LogP contribution < -0.4 is 10.2 Å². The fourth-order valence-electron chi connectivity index (χ4n) is 2.66. The van der Waals surface area contributed by atoms with Crippen molar-refractivity contribution in [3.8, 4) is 0 Å². The minimum Gasteiger partial charge on any atom is -0.370 e. The fraction of sp³-hybridized carbons (Fsp3) is 0.294. The van der Waals surface area contributed by atoms with Gasteiger partial charge in [0, 0.05) is 36.4 Å². The van der Waals surface area contributed by atoms with Gasteiger partial charge in [-0.25, -0.2) is 0 Å². The highest BCUT2D eigenvalue weighted by Gasteiger charge is 2.21. The SMILES string of the molecule is Clc1ccc(CNC2CCN(c3ccccc3)C2)cc1. The van der Waals surface area contributed by atoms with Gasteiger partial charge in [-0.1, -0.05) is 41.9 Å². The fourth-order valence-corrected chi connectivity index (χ4v) is 2.79. The lowest BCUT2D eigenvalue weighted by Crippen LogP contribution is -2.32. The second kappa shape index (κ2) is 6.29. The summed E-state index contributed by atoms with van der Waals surface area (Å²) in [7, 11) is 0. The largest absolute Gasteiger partial charge is 0.370 e. The molecule has 0 aromatic heterocycles. The molecule has 1 unspecified atom stereocenters. The molecule has 0 bridgehead atoms. The van der Waals surface area contributed by atoms with E-state index in [-0.39, 0.29) is 0 Å². The second-order valence-corrected chi connectivity index (χ2v) is 5.71. The number of hydrogen-bond donors (Lipinski definition) is 1. The Labute approximate surface area is 125 Å². The van der Waals surface area contributed by atoms with Gasteiger partial charge in [0.1, 0.15) is 0 Å². The number of benzene rings is 2. The summed E-state index contributed by atoms with van der Waals surface area (Å²) in [6.07, 6.45) is 1.20. The summed E-state index contributed by atoms with van der Waals surface area (Å²) in [5, 5.41) is 4.43. The molecule has 0 aliphatic carbocycles. The predicted octanol–water partition coefficient (Wildman–Crippen LogP) is 3.71. The van der Waals surface area contributed by atoms with Crippen molar-refractivity contribution in [1.29, 1.82) is 0 Å². The molecule has 0 amide bonds. The minimum atomic E-state index is 0.561. The highest BCUT2D eigenvalue weighted by molar-refractivity contribution is 6.30. The lowest BCUT2D eigenvalue weighted by molar-refractivity contribution is 0.551. The molecule has 20 heavy (non-hydrogen) atoms. The lowest BCUT2D eigenvalue weighted by Gasteiger charge is -2.19. The van der Waals surface area contributed by atoms with E-state index in [9.17, 15) is 0 Å². The first-order valence-corrected chi connectivity index (χ1v) is 7.47. The van der Waals surface area contributed by atoms with Crippen molar-refractivity contribution in [2.75, 3.05) is 18.0 Å². The Hall–Kier alpha value is -1.51. The zero-order valence-electron chi connectivity index (χ0n) is 11.4. The number of halogens is 1. The van der Waals surface area contributed by atoms with Crippen molar-refractivity contribution in [3.63, 3.8) is 0 Å². The standard InChI is InChI=1S/C17H19ClN2/c18-15-8-6-14(7-9-15)12-19-16-10-11-20(13-16)17-4-2-1-3-5-17/h1-9,16,19H,10-13H2. The van der Waals surface area contributed by atoms with Crippen molar-refractivity contribution in [3.05, 3.63) is 65.2 Å². The summed E-state index contributed by atoms with van der Waals surface area (Å²) in [4.78, 5) is 2.44. The van der Waals surface area contributed by atoms with Gasteiger partial charge in [-0.15, -0.1) is 0 Å². The molecule has 0 radical (unpaired) electrons. The van der Waals surface area contributed by atoms with Crippen LogP contribution in [0.3, 0.4) is 0 Å². The topological polar surface area (TPSA) is 15.3 Å². The number of para-hydroxylation sites is 1. The average Bonchev–Trinajstić information content (AvgIpc) is 2.97. The summed E-state index contributed by atoms with van der Waals surface area (Å²) in [5.41, 5.74) is 2.61. The van der Waals surface area contributed by atoms with E-state index in [2.05, 4.69) is 52.7 Å². The number of anilines is 1. The van der Waals surface area contributed by atoms with Crippen LogP contribution in [-0.4, -0.2) is 19.1 Å². The molecule has 0 spiro atoms. The Kier molecular flexibility index (Phi) is 4.24. The summed E-state index contributed by atoms with van der Waals surface area (Å²) in [5.74, 6) is 0. The van der Waals surface area contributed by atoms with Gasteiger partial charge in [-0.05, 0) is 36.2 Å². The monoisotopic (exact) mass is 286 g/mol. The quantitative estimate of drug-likeness (QED) is 0.922. The van der Waals surface area contributed by atoms with Gasteiger partial charge in [0.05, 0.1) is 0 Å². The molecule has 1 aliphatic heterocycles. The number of nitrogens with zero attached hydrogens (tertiary/aromatic N) is 1. The first kappa shape index (κ1) is 13.5. The highest BCUT2D eigenvalue weighted by Crippen LogP contribution is 2.20. The van der Waals surface area contributed by atoms with Crippen LogP contribution in [0.25, 0.3) is 0 Å². The van der Waals surface area contributed by atoms with Crippen LogP contribution in [0.5, 0.6) is 0 Å². The van der Waals surface area contributed by atoms with Crippen LogP contribution in [0, 0.1) is 0 Å². The van der Waals surface area contributed by atoms with E-state index in [1.807, 2.05) is 12.1 Å². The molecule has 3 rings (SSSR count). The molecule has 2 nitrogen and oxygen atoms in total. The first-order chi connectivity index (χ1) is 9.81.